The van der Waals surface area contributed by atoms with Crippen LogP contribution in [0.4, 0.5) is 0 Å². The fourth-order valence-corrected chi connectivity index (χ4v) is 6.36. The molecule has 2 fully saturated rings. The summed E-state index contributed by atoms with van der Waals surface area (Å²) in [5, 5.41) is 0. The van der Waals surface area contributed by atoms with Gasteiger partial charge in [0.1, 0.15) is 0 Å². The van der Waals surface area contributed by atoms with Crippen molar-refractivity contribution in [3.05, 3.63) is 59.4 Å². The Morgan fingerprint density at radius 3 is 1.97 bits per heavy atom. The van der Waals surface area contributed by atoms with Gasteiger partial charge in [0, 0.05) is 76.8 Å². The van der Waals surface area contributed by atoms with Crippen molar-refractivity contribution in [3.8, 4) is 0 Å². The van der Waals surface area contributed by atoms with Crippen LogP contribution in [0.15, 0.2) is 42.5 Å². The summed E-state index contributed by atoms with van der Waals surface area (Å²) in [6, 6.07) is 13.6. The van der Waals surface area contributed by atoms with Gasteiger partial charge in [-0.3, -0.25) is 14.6 Å². The van der Waals surface area contributed by atoms with E-state index in [-0.39, 0.29) is 11.7 Å². The van der Waals surface area contributed by atoms with Gasteiger partial charge in [-0.15, -0.1) is 0 Å². The smallest absolute Gasteiger partial charge is 0.236 e. The van der Waals surface area contributed by atoms with E-state index in [1.54, 1.807) is 0 Å². The highest BCUT2D eigenvalue weighted by molar-refractivity contribution is 7.88. The van der Waals surface area contributed by atoms with E-state index in [4.69, 9.17) is 0 Å². The van der Waals surface area contributed by atoms with Crippen LogP contribution in [0.3, 0.4) is 0 Å². The summed E-state index contributed by atoms with van der Waals surface area (Å²) >= 11 is 0. The fourth-order valence-electron chi connectivity index (χ4n) is 4.85. The third-order valence-electron chi connectivity index (χ3n) is 7.06. The number of aromatic nitrogens is 1. The Labute approximate surface area is 203 Å². The molecule has 2 aliphatic rings. The molecule has 0 saturated carbocycles. The van der Waals surface area contributed by atoms with Crippen molar-refractivity contribution in [1.82, 2.24) is 23.6 Å². The van der Waals surface area contributed by atoms with E-state index in [1.165, 1.54) is 15.7 Å². The molecule has 9 heteroatoms. The number of sulfonamides is 1. The Balaban J connectivity index is 1.17. The zero-order valence-corrected chi connectivity index (χ0v) is 21.2. The number of amides is 1. The van der Waals surface area contributed by atoms with E-state index in [0.29, 0.717) is 32.7 Å². The molecule has 34 heavy (non-hydrogen) atoms. The van der Waals surface area contributed by atoms with Crippen molar-refractivity contribution in [3.63, 3.8) is 0 Å². The Bertz CT molecular complexity index is 1030. The van der Waals surface area contributed by atoms with Crippen LogP contribution in [0.5, 0.6) is 0 Å². The van der Waals surface area contributed by atoms with Gasteiger partial charge < -0.3 is 9.47 Å². The summed E-state index contributed by atoms with van der Waals surface area (Å²) in [5.41, 5.74) is 3.39. The zero-order chi connectivity index (χ0) is 24.1. The maximum Gasteiger partial charge on any atom is 0.236 e. The number of carbonyl (C=O) groups excluding carboxylic acids is 1. The van der Waals surface area contributed by atoms with Crippen LogP contribution >= 0.6 is 0 Å². The molecule has 3 heterocycles. The van der Waals surface area contributed by atoms with Crippen LogP contribution in [0, 0.1) is 13.8 Å². The average Bonchev–Trinajstić information content (AvgIpc) is 3.16. The minimum absolute atomic E-state index is 0.00946. The number of benzene rings is 1. The van der Waals surface area contributed by atoms with Crippen molar-refractivity contribution in [2.75, 3.05) is 65.4 Å². The van der Waals surface area contributed by atoms with Crippen LogP contribution in [-0.4, -0.2) is 103 Å². The lowest BCUT2D eigenvalue weighted by molar-refractivity contribution is -0.134. The van der Waals surface area contributed by atoms with Crippen molar-refractivity contribution >= 4 is 15.9 Å². The van der Waals surface area contributed by atoms with Crippen molar-refractivity contribution in [2.45, 2.75) is 26.1 Å². The number of hydrogen-bond donors (Lipinski definition) is 0. The maximum atomic E-state index is 12.9. The Morgan fingerprint density at radius 2 is 1.35 bits per heavy atom. The highest BCUT2D eigenvalue weighted by Gasteiger charge is 2.30. The minimum Gasteiger partial charge on any atom is -0.348 e. The largest absolute Gasteiger partial charge is 0.348 e. The van der Waals surface area contributed by atoms with E-state index < -0.39 is 10.0 Å². The number of piperazine rings is 2. The summed E-state index contributed by atoms with van der Waals surface area (Å²) in [6.07, 6.45) is 0. The Kier molecular flexibility index (Phi) is 8.08. The lowest BCUT2D eigenvalue weighted by atomic mass is 10.2. The number of carbonyl (C=O) groups is 1. The van der Waals surface area contributed by atoms with Gasteiger partial charge in [-0.25, -0.2) is 8.42 Å². The third kappa shape index (κ3) is 6.27. The van der Waals surface area contributed by atoms with E-state index in [0.717, 1.165) is 44.8 Å². The van der Waals surface area contributed by atoms with Crippen molar-refractivity contribution in [1.29, 1.82) is 0 Å². The number of nitrogens with zero attached hydrogens (tertiary/aromatic N) is 5. The molecule has 1 amide bonds. The second-order valence-corrected chi connectivity index (χ2v) is 11.4. The predicted molar refractivity (Wildman–Crippen MR) is 134 cm³/mol. The summed E-state index contributed by atoms with van der Waals surface area (Å²) in [6.45, 7) is 12.1. The molecule has 2 aromatic rings. The summed E-state index contributed by atoms with van der Waals surface area (Å²) in [4.78, 5) is 19.4. The van der Waals surface area contributed by atoms with Gasteiger partial charge in [0.05, 0.1) is 12.3 Å². The van der Waals surface area contributed by atoms with Crippen LogP contribution in [0.25, 0.3) is 0 Å². The molecule has 0 spiro atoms. The number of aryl methyl sites for hydroxylation is 2. The second kappa shape index (κ2) is 11.0. The monoisotopic (exact) mass is 487 g/mol. The molecule has 0 N–H and O–H groups in total. The number of rotatable bonds is 8. The molecule has 0 aliphatic carbocycles. The van der Waals surface area contributed by atoms with Crippen LogP contribution in [-0.2, 0) is 27.1 Å². The lowest BCUT2D eigenvalue weighted by Gasteiger charge is -2.37. The molecule has 0 radical (unpaired) electrons. The quantitative estimate of drug-likeness (QED) is 0.563. The summed E-state index contributed by atoms with van der Waals surface area (Å²) in [7, 11) is -3.37. The first-order chi connectivity index (χ1) is 16.3. The van der Waals surface area contributed by atoms with Crippen LogP contribution in [0.2, 0.25) is 0 Å². The summed E-state index contributed by atoms with van der Waals surface area (Å²) in [5.74, 6) is 0.113. The van der Waals surface area contributed by atoms with Gasteiger partial charge in [0.2, 0.25) is 15.9 Å². The normalized spacial score (nSPS) is 18.9. The molecule has 186 valence electrons. The molecule has 1 aromatic carbocycles. The SMILES string of the molecule is Cc1ccc(C)n1CCN1CCN(CC(=O)N2CCN(S(=O)(=O)Cc3ccccc3)CC2)CC1. The first kappa shape index (κ1) is 24.9. The van der Waals surface area contributed by atoms with Gasteiger partial charge in [-0.2, -0.15) is 4.31 Å². The van der Waals surface area contributed by atoms with Gasteiger partial charge in [0.15, 0.2) is 0 Å². The lowest BCUT2D eigenvalue weighted by Crippen LogP contribution is -2.54. The van der Waals surface area contributed by atoms with Gasteiger partial charge in [-0.05, 0) is 31.5 Å². The zero-order valence-electron chi connectivity index (χ0n) is 20.4. The fraction of sp³-hybridized carbons (Fsp3) is 0.560. The van der Waals surface area contributed by atoms with E-state index >= 15 is 0 Å². The van der Waals surface area contributed by atoms with Gasteiger partial charge in [-0.1, -0.05) is 30.3 Å². The molecule has 4 rings (SSSR count). The predicted octanol–water partition coefficient (Wildman–Crippen LogP) is 1.40. The first-order valence-corrected chi connectivity index (χ1v) is 13.8. The maximum absolute atomic E-state index is 12.9. The Hall–Kier alpha value is -2.20. The molecular weight excluding hydrogens is 450 g/mol. The first-order valence-electron chi connectivity index (χ1n) is 12.2. The molecule has 0 bridgehead atoms. The number of hydrogen-bond acceptors (Lipinski definition) is 5. The average molecular weight is 488 g/mol. The highest BCUT2D eigenvalue weighted by atomic mass is 32.2. The third-order valence-corrected chi connectivity index (χ3v) is 8.91. The van der Waals surface area contributed by atoms with Gasteiger partial charge >= 0.3 is 0 Å². The minimum atomic E-state index is -3.37. The van der Waals surface area contributed by atoms with E-state index in [1.807, 2.05) is 35.2 Å². The molecule has 0 unspecified atom stereocenters. The second-order valence-electron chi connectivity index (χ2n) is 9.41. The van der Waals surface area contributed by atoms with E-state index in [2.05, 4.69) is 40.3 Å². The van der Waals surface area contributed by atoms with Crippen LogP contribution < -0.4 is 0 Å². The van der Waals surface area contributed by atoms with Crippen molar-refractivity contribution < 1.29 is 13.2 Å². The van der Waals surface area contributed by atoms with Gasteiger partial charge in [0.25, 0.3) is 0 Å². The molecular formula is C25H37N5O3S. The van der Waals surface area contributed by atoms with Crippen LogP contribution in [0.1, 0.15) is 17.0 Å². The molecule has 8 nitrogen and oxygen atoms in total. The Morgan fingerprint density at radius 1 is 0.765 bits per heavy atom. The van der Waals surface area contributed by atoms with Crippen molar-refractivity contribution in [2.24, 2.45) is 0 Å². The standard InChI is InChI=1S/C25H37N5O3S/c1-22-8-9-23(2)30(22)19-14-26-10-12-27(13-11-26)20-25(31)28-15-17-29(18-16-28)34(32,33)21-24-6-4-3-5-7-24/h3-9H,10-21H2,1-2H3. The highest BCUT2D eigenvalue weighted by Crippen LogP contribution is 2.14. The molecule has 2 saturated heterocycles. The summed E-state index contributed by atoms with van der Waals surface area (Å²) < 4.78 is 29.4. The topological polar surface area (TPSA) is 69.1 Å². The molecule has 2 aliphatic heterocycles. The van der Waals surface area contributed by atoms with E-state index in [9.17, 15) is 13.2 Å². The molecule has 1 aromatic heterocycles. The molecule has 0 atom stereocenters.